The Hall–Kier alpha value is -1.96. The van der Waals surface area contributed by atoms with Crippen LogP contribution >= 0.6 is 0 Å². The van der Waals surface area contributed by atoms with Crippen LogP contribution in [0.4, 0.5) is 0 Å². The van der Waals surface area contributed by atoms with Crippen LogP contribution in [0.2, 0.25) is 52.4 Å². The molecule has 0 fully saturated rings. The van der Waals surface area contributed by atoms with Gasteiger partial charge in [0.05, 0.1) is 0 Å². The largest absolute Gasteiger partial charge is 5.00 e. The van der Waals surface area contributed by atoms with Crippen LogP contribution in [0.5, 0.6) is 0 Å². The third-order valence-corrected chi connectivity index (χ3v) is 15.4. The minimum absolute atomic E-state index is 0. The summed E-state index contributed by atoms with van der Waals surface area (Å²) in [7, 11) is -2.32. The van der Waals surface area contributed by atoms with Gasteiger partial charge in [-0.15, -0.1) is 26.3 Å². The van der Waals surface area contributed by atoms with E-state index in [-0.39, 0.29) is 98.0 Å². The van der Waals surface area contributed by atoms with Crippen molar-refractivity contribution in [1.29, 1.82) is 0 Å². The van der Waals surface area contributed by atoms with Crippen molar-refractivity contribution < 1.29 is 150 Å². The van der Waals surface area contributed by atoms with Gasteiger partial charge in [-0.25, -0.2) is 0 Å². The molecule has 0 aliphatic rings. The minimum Gasteiger partial charge on any atom is -0.545 e. The molecular weight excluding hydrogens is 1030 g/mol. The summed E-state index contributed by atoms with van der Waals surface area (Å²) in [4.78, 5) is 85.2. The number of aliphatic hydroxyl groups is 4. The molecule has 0 aliphatic carbocycles. The Labute approximate surface area is 414 Å². The van der Waals surface area contributed by atoms with Crippen molar-refractivity contribution in [3.05, 3.63) is 78.8 Å². The molecule has 0 spiro atoms. The van der Waals surface area contributed by atoms with E-state index in [1.807, 2.05) is 22.8 Å². The first kappa shape index (κ1) is 173. The maximum absolute atomic E-state index is 7.75. The fraction of sp³-hybridized carbons (Fsp3) is 0.343. The van der Waals surface area contributed by atoms with Gasteiger partial charge in [0.1, 0.15) is 0 Å². The average molecular weight is 1100 g/mol. The van der Waals surface area contributed by atoms with Crippen LogP contribution < -0.4 is 0 Å². The summed E-state index contributed by atoms with van der Waals surface area (Å²) in [5, 5.41) is 28.0. The van der Waals surface area contributed by atoms with Gasteiger partial charge in [0.25, 0.3) is 0 Å². The molecule has 0 aromatic carbocycles. The summed E-state index contributed by atoms with van der Waals surface area (Å²) in [6.45, 7) is 68.1. The molecule has 0 amide bonds. The summed E-state index contributed by atoms with van der Waals surface area (Å²) < 4.78 is 11.9. The van der Waals surface area contributed by atoms with E-state index in [9.17, 15) is 0 Å². The summed E-state index contributed by atoms with van der Waals surface area (Å²) in [6.07, 6.45) is 0. The van der Waals surface area contributed by atoms with Gasteiger partial charge in [0, 0.05) is 28.4 Å². The number of hydrogen-bond acceptors (Lipinski definition) is 17. The molecule has 0 unspecified atom stereocenters. The fourth-order valence-corrected chi connectivity index (χ4v) is 13.7. The molecule has 25 heteroatoms. The van der Waals surface area contributed by atoms with Gasteiger partial charge in [-0.2, -0.15) is 0 Å². The molecule has 0 atom stereocenters. The molecule has 0 saturated carbocycles. The normalized spacial score (nSPS) is 5.80. The van der Waals surface area contributed by atoms with Crippen molar-refractivity contribution in [3.8, 4) is 0 Å². The van der Waals surface area contributed by atoms with Crippen molar-refractivity contribution in [3.63, 3.8) is 0 Å². The Morgan fingerprint density at radius 2 is 0.367 bits per heavy atom. The second-order valence-corrected chi connectivity index (χ2v) is 23.5. The van der Waals surface area contributed by atoms with E-state index >= 15 is 0 Å². The Kier molecular flexibility index (Phi) is 657. The van der Waals surface area contributed by atoms with E-state index in [1.165, 1.54) is 0 Å². The summed E-state index contributed by atoms with van der Waals surface area (Å²) >= 11 is 0. The van der Waals surface area contributed by atoms with Crippen LogP contribution in [-0.2, 0) is 129 Å². The van der Waals surface area contributed by atoms with Gasteiger partial charge in [-0.1, -0.05) is 22.8 Å². The number of rotatable bonds is 8. The van der Waals surface area contributed by atoms with Crippen molar-refractivity contribution in [2.24, 2.45) is 0 Å². The monoisotopic (exact) mass is 1100 g/mol. The van der Waals surface area contributed by atoms with Gasteiger partial charge < -0.3 is 111 Å². The maximum Gasteiger partial charge on any atom is 5.00 e. The quantitative estimate of drug-likeness (QED) is 0.154. The van der Waals surface area contributed by atoms with Crippen molar-refractivity contribution >= 4 is 108 Å². The van der Waals surface area contributed by atoms with Crippen LogP contribution in [0.1, 0.15) is 0 Å². The van der Waals surface area contributed by atoms with E-state index in [4.69, 9.17) is 81.4 Å². The van der Waals surface area contributed by atoms with Gasteiger partial charge in [0.2, 0.25) is 0 Å². The molecule has 0 rings (SSSR count). The Morgan fingerprint density at radius 1 is 0.317 bits per heavy atom. The summed E-state index contributed by atoms with van der Waals surface area (Å²) in [6, 6.07) is 0. The van der Waals surface area contributed by atoms with Crippen LogP contribution in [-0.4, -0.2) is 157 Å². The first-order chi connectivity index (χ1) is 24.7. The van der Waals surface area contributed by atoms with Crippen molar-refractivity contribution in [2.75, 3.05) is 28.4 Å². The van der Waals surface area contributed by atoms with Crippen LogP contribution in [0.3, 0.4) is 0 Å². The molecule has 0 aromatic rings. The average Bonchev–Trinajstić information content (AvgIpc) is 3.25. The molecule has 0 aliphatic heterocycles. The van der Waals surface area contributed by atoms with E-state index in [2.05, 4.69) is 153 Å². The van der Waals surface area contributed by atoms with Crippen molar-refractivity contribution in [2.45, 2.75) is 52.4 Å². The number of hydrogen-bond donors (Lipinski definition) is 4. The van der Waals surface area contributed by atoms with E-state index in [0.717, 1.165) is 28.4 Å². The third-order valence-electron chi connectivity index (χ3n) is 3.02. The minimum atomic E-state index is -1.58. The van der Waals surface area contributed by atoms with Gasteiger partial charge >= 0.3 is 68.3 Å². The molecule has 0 bridgehead atoms. The SMILES string of the molecule is C=C[Si](C)(C)O[Si](C)(C)C=C.C=C[Si](C)(C)O[Si](C)(C)C=C.CO.CO.CO.CO.[CH-]=O.[CH-]=O.[CH-]=O.[CH-]=O.[CH-]=O.[CH-]=O.[CH-]=O.[CH-]=O.[CH-]=O.[CH-]=O.[CH-]=O.[CH3-].[CH3-].[CH3-].[CH3-].[Fe+3].[Fe+3].[Fe+4].[Fe+5]. The fourth-order valence-electron chi connectivity index (χ4n) is 1.52. The number of aliphatic hydroxyl groups excluding tert-OH is 4. The molecule has 17 nitrogen and oxygen atoms in total. The van der Waals surface area contributed by atoms with E-state index < -0.39 is 33.3 Å². The standard InChI is InChI=1S/2C8H18OSi2.4CH4O.11CHO.4CH3.4Fe/c2*1-7-10(3,4)9-11(5,6)8-2;15*1-2;;;;;;;;/h2*7-8H,1-2H2,3-6H3;4*2H,1H3;11*1H;4*1H3;;;;/q;;;;;;15*-1;2*+3;+4;+5. The predicted molar refractivity (Wildman–Crippen MR) is 245 cm³/mol. The molecule has 365 valence electrons. The van der Waals surface area contributed by atoms with Crippen LogP contribution in [0.25, 0.3) is 0 Å². The molecule has 0 heterocycles. The summed E-state index contributed by atoms with van der Waals surface area (Å²) in [5.41, 5.74) is 7.85. The predicted octanol–water partition coefficient (Wildman–Crippen LogP) is 2.94. The summed E-state index contributed by atoms with van der Waals surface area (Å²) in [5.74, 6) is 0. The molecule has 3 radical (unpaired) electrons. The first-order valence-corrected chi connectivity index (χ1v) is 23.9. The Balaban J connectivity index is -0.0000000101. The molecule has 0 aromatic heterocycles. The molecular formula is C35H75Fe4O17Si4. The van der Waals surface area contributed by atoms with Crippen LogP contribution in [0, 0.1) is 29.7 Å². The smallest absolute Gasteiger partial charge is 0.545 e. The second-order valence-electron chi connectivity index (χ2n) is 7.43. The zero-order chi connectivity index (χ0) is 48.2. The maximum atomic E-state index is 7.75. The van der Waals surface area contributed by atoms with Crippen molar-refractivity contribution in [1.82, 2.24) is 0 Å². The molecule has 4 N–H and O–H groups in total. The zero-order valence-electron chi connectivity index (χ0n) is 38.0. The van der Waals surface area contributed by atoms with Gasteiger partial charge in [-0.3, -0.25) is 74.7 Å². The van der Waals surface area contributed by atoms with E-state index in [0.29, 0.717) is 0 Å². The Morgan fingerprint density at radius 3 is 0.400 bits per heavy atom. The molecule has 0 saturated heterocycles. The van der Waals surface area contributed by atoms with E-state index in [1.54, 1.807) is 0 Å². The molecule has 60 heavy (non-hydrogen) atoms. The van der Waals surface area contributed by atoms with Gasteiger partial charge in [0.15, 0.2) is 33.3 Å². The number of carbonyl (C=O) groups excluding carboxylic acids is 11. The second kappa shape index (κ2) is 228. The third kappa shape index (κ3) is 350. The first-order valence-electron chi connectivity index (χ1n) is 12.0. The van der Waals surface area contributed by atoms with Gasteiger partial charge in [-0.05, 0) is 52.4 Å². The topological polar surface area (TPSA) is 287 Å². The van der Waals surface area contributed by atoms with Crippen LogP contribution in [0.15, 0.2) is 49.1 Å². The Bertz CT molecular complexity index is 504. The zero-order valence-corrected chi connectivity index (χ0v) is 46.4.